The predicted molar refractivity (Wildman–Crippen MR) is 69.6 cm³/mol. The van der Waals surface area contributed by atoms with Crippen molar-refractivity contribution in [2.75, 3.05) is 27.2 Å². The van der Waals surface area contributed by atoms with Crippen molar-refractivity contribution in [3.63, 3.8) is 0 Å². The molecule has 0 amide bonds. The molecule has 0 aliphatic carbocycles. The number of likely N-dealkylation sites (N-methyl/N-ethyl adjacent to an activating group) is 1. The lowest BCUT2D eigenvalue weighted by molar-refractivity contribution is 0.420. The van der Waals surface area contributed by atoms with Crippen LogP contribution in [0, 0.1) is 0 Å². The number of hydrogen-bond acceptors (Lipinski definition) is 2. The van der Waals surface area contributed by atoms with Gasteiger partial charge in [-0.1, -0.05) is 19.2 Å². The smallest absolute Gasteiger partial charge is 0.0519 e. The summed E-state index contributed by atoms with van der Waals surface area (Å²) >= 11 is 0. The van der Waals surface area contributed by atoms with E-state index in [4.69, 9.17) is 0 Å². The summed E-state index contributed by atoms with van der Waals surface area (Å²) < 4.78 is 0. The molecule has 0 radical (unpaired) electrons. The van der Waals surface area contributed by atoms with Crippen LogP contribution in [-0.2, 0) is 0 Å². The van der Waals surface area contributed by atoms with Gasteiger partial charge in [-0.05, 0) is 38.6 Å². The topological polar surface area (TPSA) is 15.6 Å². The summed E-state index contributed by atoms with van der Waals surface area (Å²) in [5.74, 6) is 0. The first-order valence-corrected chi connectivity index (χ1v) is 5.13. The van der Waals surface area contributed by atoms with Crippen molar-refractivity contribution in [2.24, 2.45) is 4.99 Å². The highest BCUT2D eigenvalue weighted by atomic mass is 15.1. The van der Waals surface area contributed by atoms with Crippen LogP contribution in [0.4, 0.5) is 0 Å². The lowest BCUT2D eigenvalue weighted by Crippen LogP contribution is -2.16. The summed E-state index contributed by atoms with van der Waals surface area (Å²) in [6, 6.07) is 0. The van der Waals surface area contributed by atoms with Gasteiger partial charge in [-0.25, -0.2) is 0 Å². The number of aliphatic imine (C=N–C) groups is 1. The Morgan fingerprint density at radius 2 is 1.93 bits per heavy atom. The Balaban J connectivity index is 4.18. The molecule has 2 nitrogen and oxygen atoms in total. The minimum Gasteiger partial charge on any atom is -0.308 e. The van der Waals surface area contributed by atoms with Gasteiger partial charge in [0.05, 0.1) is 6.54 Å². The normalized spacial score (nSPS) is 11.6. The number of nitrogens with zero attached hydrogens (tertiary/aromatic N) is 2. The molecule has 0 saturated heterocycles. The molecule has 0 aromatic carbocycles. The van der Waals surface area contributed by atoms with Crippen LogP contribution in [0.25, 0.3) is 0 Å². The number of allylic oxidation sites excluding steroid dienone is 3. The van der Waals surface area contributed by atoms with E-state index < -0.39 is 0 Å². The largest absolute Gasteiger partial charge is 0.308 e. The van der Waals surface area contributed by atoms with Gasteiger partial charge in [0.15, 0.2) is 0 Å². The highest BCUT2D eigenvalue weighted by Gasteiger charge is 2.01. The van der Waals surface area contributed by atoms with Crippen LogP contribution in [0.2, 0.25) is 0 Å². The summed E-state index contributed by atoms with van der Waals surface area (Å²) in [6.45, 7) is 15.3. The van der Waals surface area contributed by atoms with Gasteiger partial charge < -0.3 is 4.90 Å². The van der Waals surface area contributed by atoms with Gasteiger partial charge in [-0.2, -0.15) is 0 Å². The van der Waals surface area contributed by atoms with E-state index in [1.165, 1.54) is 0 Å². The molecule has 0 aliphatic heterocycles. The Labute approximate surface area is 93.7 Å². The molecule has 0 aromatic heterocycles. The zero-order valence-electron chi connectivity index (χ0n) is 10.2. The molecule has 0 N–H and O–H groups in total. The number of hydrogen-bond donors (Lipinski definition) is 0. The van der Waals surface area contributed by atoms with E-state index in [1.54, 1.807) is 0 Å². The van der Waals surface area contributed by atoms with Gasteiger partial charge >= 0.3 is 0 Å². The minimum atomic E-state index is 0.777. The second-order valence-electron chi connectivity index (χ2n) is 3.85. The first kappa shape index (κ1) is 13.8. The van der Waals surface area contributed by atoms with E-state index in [2.05, 4.69) is 29.6 Å². The van der Waals surface area contributed by atoms with E-state index in [0.29, 0.717) is 0 Å². The lowest BCUT2D eigenvalue weighted by Gasteiger charge is -2.09. The molecule has 15 heavy (non-hydrogen) atoms. The molecular weight excluding hydrogens is 184 g/mol. The second-order valence-corrected chi connectivity index (χ2v) is 3.85. The van der Waals surface area contributed by atoms with Gasteiger partial charge in [-0.3, -0.25) is 4.99 Å². The Morgan fingerprint density at radius 1 is 1.33 bits per heavy atom. The van der Waals surface area contributed by atoms with Gasteiger partial charge in [-0.15, -0.1) is 6.58 Å². The van der Waals surface area contributed by atoms with Crippen molar-refractivity contribution >= 4 is 5.71 Å². The van der Waals surface area contributed by atoms with Crippen LogP contribution in [-0.4, -0.2) is 37.8 Å². The zero-order valence-corrected chi connectivity index (χ0v) is 10.2. The fourth-order valence-electron chi connectivity index (χ4n) is 1.07. The molecule has 0 aromatic rings. The van der Waals surface area contributed by atoms with Crippen molar-refractivity contribution in [3.8, 4) is 0 Å². The maximum Gasteiger partial charge on any atom is 0.0519 e. The maximum atomic E-state index is 4.45. The lowest BCUT2D eigenvalue weighted by atomic mass is 10.0. The highest BCUT2D eigenvalue weighted by molar-refractivity contribution is 6.01. The third-order valence-corrected chi connectivity index (χ3v) is 2.15. The second kappa shape index (κ2) is 7.18. The Kier molecular flexibility index (Phi) is 6.63. The van der Waals surface area contributed by atoms with E-state index in [-0.39, 0.29) is 0 Å². The molecule has 0 rings (SSSR count). The maximum absolute atomic E-state index is 4.45. The van der Waals surface area contributed by atoms with Crippen LogP contribution in [0.1, 0.15) is 13.3 Å². The average Bonchev–Trinajstić information content (AvgIpc) is 2.16. The molecule has 0 fully saturated rings. The van der Waals surface area contributed by atoms with E-state index in [9.17, 15) is 0 Å². The Morgan fingerprint density at radius 3 is 2.40 bits per heavy atom. The van der Waals surface area contributed by atoms with Crippen molar-refractivity contribution in [1.29, 1.82) is 0 Å². The fourth-order valence-corrected chi connectivity index (χ4v) is 1.07. The summed E-state index contributed by atoms with van der Waals surface area (Å²) in [7, 11) is 4.08. The molecule has 0 saturated carbocycles. The van der Waals surface area contributed by atoms with Crippen molar-refractivity contribution < 1.29 is 0 Å². The van der Waals surface area contributed by atoms with Crippen LogP contribution in [0.3, 0.4) is 0 Å². The van der Waals surface area contributed by atoms with E-state index in [0.717, 1.165) is 36.4 Å². The molecular formula is C13H22N2. The highest BCUT2D eigenvalue weighted by Crippen LogP contribution is 2.11. The first-order chi connectivity index (χ1) is 6.99. The summed E-state index contributed by atoms with van der Waals surface area (Å²) in [5, 5.41) is 0. The average molecular weight is 206 g/mol. The summed E-state index contributed by atoms with van der Waals surface area (Å²) in [6.07, 6.45) is 2.61. The first-order valence-electron chi connectivity index (χ1n) is 5.13. The fraction of sp³-hybridized carbons (Fsp3) is 0.462. The van der Waals surface area contributed by atoms with Gasteiger partial charge in [0.2, 0.25) is 0 Å². The van der Waals surface area contributed by atoms with Crippen LogP contribution < -0.4 is 0 Å². The summed E-state index contributed by atoms with van der Waals surface area (Å²) in [4.78, 5) is 6.56. The van der Waals surface area contributed by atoms with Crippen LogP contribution >= 0.6 is 0 Å². The minimum absolute atomic E-state index is 0.777. The quantitative estimate of drug-likeness (QED) is 0.355. The van der Waals surface area contributed by atoms with Gasteiger partial charge in [0, 0.05) is 12.3 Å². The van der Waals surface area contributed by atoms with Crippen LogP contribution in [0.5, 0.6) is 0 Å². The van der Waals surface area contributed by atoms with Crippen LogP contribution in [0.15, 0.2) is 42.0 Å². The molecule has 2 heteroatoms. The Hall–Kier alpha value is -1.15. The third-order valence-electron chi connectivity index (χ3n) is 2.15. The van der Waals surface area contributed by atoms with E-state index in [1.807, 2.05) is 27.1 Å². The third kappa shape index (κ3) is 6.02. The molecule has 0 aliphatic rings. The molecule has 0 unspecified atom stereocenters. The standard InChI is InChI=1S/C13H22N2/c1-7-8-11(2)12(3)13(4)14-9-10-15(5)6/h7H,1-3,8-10H2,4-6H3. The predicted octanol–water partition coefficient (Wildman–Crippen LogP) is 2.70. The number of rotatable bonds is 7. The van der Waals surface area contributed by atoms with Gasteiger partial charge in [0.25, 0.3) is 0 Å². The van der Waals surface area contributed by atoms with Gasteiger partial charge in [0.1, 0.15) is 0 Å². The molecule has 0 atom stereocenters. The van der Waals surface area contributed by atoms with Crippen molar-refractivity contribution in [3.05, 3.63) is 37.0 Å². The molecule has 0 bridgehead atoms. The zero-order chi connectivity index (χ0) is 11.8. The SMILES string of the molecule is C=CCC(=C)C(=C)C(C)=NCCN(C)C. The Bertz CT molecular complexity index is 272. The monoisotopic (exact) mass is 206 g/mol. The van der Waals surface area contributed by atoms with Crippen molar-refractivity contribution in [2.45, 2.75) is 13.3 Å². The molecule has 0 spiro atoms. The molecule has 84 valence electrons. The van der Waals surface area contributed by atoms with E-state index >= 15 is 0 Å². The summed E-state index contributed by atoms with van der Waals surface area (Å²) in [5.41, 5.74) is 2.91. The molecule has 0 heterocycles. The van der Waals surface area contributed by atoms with Crippen molar-refractivity contribution in [1.82, 2.24) is 4.90 Å².